The Morgan fingerprint density at radius 1 is 1.05 bits per heavy atom. The van der Waals surface area contributed by atoms with E-state index in [0.717, 1.165) is 5.75 Å². The molecule has 0 spiro atoms. The van der Waals surface area contributed by atoms with Gasteiger partial charge in [0.2, 0.25) is 5.91 Å². The molecular formula is C15H19N3O4. The third-order valence-corrected chi connectivity index (χ3v) is 2.51. The quantitative estimate of drug-likeness (QED) is 0.651. The van der Waals surface area contributed by atoms with Crippen LogP contribution in [0.4, 0.5) is 0 Å². The van der Waals surface area contributed by atoms with Crippen LogP contribution in [0, 0.1) is 11.3 Å². The van der Waals surface area contributed by atoms with Crippen molar-refractivity contribution < 1.29 is 19.1 Å². The van der Waals surface area contributed by atoms with E-state index in [9.17, 15) is 9.59 Å². The Morgan fingerprint density at radius 3 is 2.14 bits per heavy atom. The van der Waals surface area contributed by atoms with Crippen molar-refractivity contribution in [3.8, 4) is 17.6 Å². The smallest absolute Gasteiger partial charge is 0.258 e. The molecule has 0 aliphatic rings. The summed E-state index contributed by atoms with van der Waals surface area (Å²) in [5.41, 5.74) is 0. The second kappa shape index (κ2) is 10.0. The van der Waals surface area contributed by atoms with Crippen molar-refractivity contribution in [2.75, 3.05) is 26.3 Å². The van der Waals surface area contributed by atoms with Gasteiger partial charge in [-0.1, -0.05) is 0 Å². The molecule has 2 N–H and O–H groups in total. The van der Waals surface area contributed by atoms with Gasteiger partial charge in [0.1, 0.15) is 17.9 Å². The largest absolute Gasteiger partial charge is 0.494 e. The van der Waals surface area contributed by atoms with Crippen LogP contribution in [-0.2, 0) is 9.59 Å². The standard InChI is InChI=1S/C15H19N3O4/c1-2-21-12-3-5-13(6-4-12)22-11-15(20)18-10-9-17-14(19)7-8-16/h3-6H,2,7,9-11H2,1H3,(H,17,19)(H,18,20). The summed E-state index contributed by atoms with van der Waals surface area (Å²) in [5.74, 6) is 0.666. The minimum absolute atomic E-state index is 0.111. The second-order valence-electron chi connectivity index (χ2n) is 4.23. The molecule has 0 aliphatic carbocycles. The minimum Gasteiger partial charge on any atom is -0.494 e. The number of hydrogen-bond donors (Lipinski definition) is 2. The van der Waals surface area contributed by atoms with Crippen LogP contribution in [0.15, 0.2) is 24.3 Å². The lowest BCUT2D eigenvalue weighted by atomic mass is 10.3. The summed E-state index contributed by atoms with van der Waals surface area (Å²) >= 11 is 0. The van der Waals surface area contributed by atoms with Crippen molar-refractivity contribution in [2.45, 2.75) is 13.3 Å². The van der Waals surface area contributed by atoms with Crippen molar-refractivity contribution in [3.63, 3.8) is 0 Å². The zero-order valence-corrected chi connectivity index (χ0v) is 12.4. The van der Waals surface area contributed by atoms with Gasteiger partial charge in [-0.3, -0.25) is 9.59 Å². The maximum absolute atomic E-state index is 11.5. The molecule has 7 heteroatoms. The van der Waals surface area contributed by atoms with E-state index in [2.05, 4.69) is 10.6 Å². The van der Waals surface area contributed by atoms with Crippen LogP contribution in [0.1, 0.15) is 13.3 Å². The van der Waals surface area contributed by atoms with Gasteiger partial charge in [-0.2, -0.15) is 5.26 Å². The normalized spacial score (nSPS) is 9.45. The average molecular weight is 305 g/mol. The molecule has 0 saturated carbocycles. The predicted molar refractivity (Wildman–Crippen MR) is 79.4 cm³/mol. The molecule has 0 aliphatic heterocycles. The number of amides is 2. The van der Waals surface area contributed by atoms with E-state index < -0.39 is 0 Å². The zero-order valence-electron chi connectivity index (χ0n) is 12.4. The van der Waals surface area contributed by atoms with Gasteiger partial charge in [-0.05, 0) is 31.2 Å². The van der Waals surface area contributed by atoms with Gasteiger partial charge >= 0.3 is 0 Å². The molecule has 1 aromatic carbocycles. The summed E-state index contributed by atoms with van der Waals surface area (Å²) < 4.78 is 10.6. The van der Waals surface area contributed by atoms with Crippen molar-refractivity contribution in [3.05, 3.63) is 24.3 Å². The van der Waals surface area contributed by atoms with Crippen molar-refractivity contribution >= 4 is 11.8 Å². The molecule has 0 bridgehead atoms. The Kier molecular flexibility index (Phi) is 7.90. The number of rotatable bonds is 9. The van der Waals surface area contributed by atoms with Gasteiger partial charge in [0.15, 0.2) is 6.61 Å². The predicted octanol–water partition coefficient (Wildman–Crippen LogP) is 0.610. The Hall–Kier alpha value is -2.75. The zero-order chi connectivity index (χ0) is 16.2. The topological polar surface area (TPSA) is 100 Å². The minimum atomic E-state index is -0.359. The summed E-state index contributed by atoms with van der Waals surface area (Å²) in [6.07, 6.45) is -0.186. The fraction of sp³-hybridized carbons (Fsp3) is 0.400. The first kappa shape index (κ1) is 17.3. The van der Waals surface area contributed by atoms with Gasteiger partial charge in [-0.15, -0.1) is 0 Å². The molecule has 0 unspecified atom stereocenters. The molecule has 118 valence electrons. The van der Waals surface area contributed by atoms with E-state index in [1.165, 1.54) is 0 Å². The highest BCUT2D eigenvalue weighted by Crippen LogP contribution is 2.17. The fourth-order valence-corrected chi connectivity index (χ4v) is 1.54. The maximum atomic E-state index is 11.5. The Bertz CT molecular complexity index is 523. The number of benzene rings is 1. The molecule has 0 radical (unpaired) electrons. The van der Waals surface area contributed by atoms with Crippen molar-refractivity contribution in [2.24, 2.45) is 0 Å². The number of carbonyl (C=O) groups excluding carboxylic acids is 2. The summed E-state index contributed by atoms with van der Waals surface area (Å²) in [4.78, 5) is 22.5. The highest BCUT2D eigenvalue weighted by Gasteiger charge is 2.03. The Balaban J connectivity index is 2.17. The number of nitriles is 1. The van der Waals surface area contributed by atoms with E-state index in [1.54, 1.807) is 30.3 Å². The van der Waals surface area contributed by atoms with Gasteiger partial charge in [0, 0.05) is 13.1 Å². The van der Waals surface area contributed by atoms with Crippen LogP contribution in [0.25, 0.3) is 0 Å². The number of hydrogen-bond acceptors (Lipinski definition) is 5. The van der Waals surface area contributed by atoms with E-state index in [-0.39, 0.29) is 37.9 Å². The Morgan fingerprint density at radius 2 is 1.59 bits per heavy atom. The third kappa shape index (κ3) is 7.14. The Labute approximate surface area is 129 Å². The third-order valence-electron chi connectivity index (χ3n) is 2.51. The van der Waals surface area contributed by atoms with E-state index >= 15 is 0 Å². The second-order valence-corrected chi connectivity index (χ2v) is 4.23. The summed E-state index contributed by atoms with van der Waals surface area (Å²) in [6, 6.07) is 8.72. The lowest BCUT2D eigenvalue weighted by Crippen LogP contribution is -2.36. The maximum Gasteiger partial charge on any atom is 0.258 e. The van der Waals surface area contributed by atoms with Crippen molar-refractivity contribution in [1.82, 2.24) is 10.6 Å². The molecule has 2 amide bonds. The summed E-state index contributed by atoms with van der Waals surface area (Å²) in [6.45, 7) is 2.93. The molecule has 1 rings (SSSR count). The highest BCUT2D eigenvalue weighted by atomic mass is 16.5. The average Bonchev–Trinajstić information content (AvgIpc) is 2.51. The SMILES string of the molecule is CCOc1ccc(OCC(=O)NCCNC(=O)CC#N)cc1. The van der Waals surface area contributed by atoms with Crippen molar-refractivity contribution in [1.29, 1.82) is 5.26 Å². The number of nitrogens with one attached hydrogen (secondary N) is 2. The number of nitrogens with zero attached hydrogens (tertiary/aromatic N) is 1. The first-order valence-corrected chi connectivity index (χ1v) is 6.91. The molecule has 7 nitrogen and oxygen atoms in total. The van der Waals surface area contributed by atoms with E-state index in [4.69, 9.17) is 14.7 Å². The molecule has 0 atom stereocenters. The molecule has 22 heavy (non-hydrogen) atoms. The van der Waals surface area contributed by atoms with E-state index in [0.29, 0.717) is 12.4 Å². The summed E-state index contributed by atoms with van der Waals surface area (Å²) in [7, 11) is 0. The molecule has 0 fully saturated rings. The van der Waals surface area contributed by atoms with Crippen LogP contribution in [-0.4, -0.2) is 38.1 Å². The first-order valence-electron chi connectivity index (χ1n) is 6.91. The molecule has 0 saturated heterocycles. The highest BCUT2D eigenvalue weighted by molar-refractivity contribution is 5.78. The van der Waals surface area contributed by atoms with Crippen LogP contribution in [0.2, 0.25) is 0 Å². The van der Waals surface area contributed by atoms with Crippen LogP contribution < -0.4 is 20.1 Å². The first-order chi connectivity index (χ1) is 10.7. The van der Waals surface area contributed by atoms with Crippen LogP contribution in [0.3, 0.4) is 0 Å². The van der Waals surface area contributed by atoms with Gasteiger partial charge in [0.25, 0.3) is 5.91 Å². The monoisotopic (exact) mass is 305 g/mol. The number of ether oxygens (including phenoxy) is 2. The van der Waals surface area contributed by atoms with Gasteiger partial charge < -0.3 is 20.1 Å². The van der Waals surface area contributed by atoms with Crippen LogP contribution in [0.5, 0.6) is 11.5 Å². The molecule has 0 heterocycles. The molecular weight excluding hydrogens is 286 g/mol. The van der Waals surface area contributed by atoms with E-state index in [1.807, 2.05) is 6.92 Å². The van der Waals surface area contributed by atoms with Crippen LogP contribution >= 0.6 is 0 Å². The fourth-order valence-electron chi connectivity index (χ4n) is 1.54. The summed E-state index contributed by atoms with van der Waals surface area (Å²) in [5, 5.41) is 13.4. The molecule has 0 aromatic heterocycles. The lowest BCUT2D eigenvalue weighted by molar-refractivity contribution is -0.123. The number of carbonyl (C=O) groups is 2. The molecule has 1 aromatic rings. The lowest BCUT2D eigenvalue weighted by Gasteiger charge is -2.08. The van der Waals surface area contributed by atoms with Gasteiger partial charge in [0.05, 0.1) is 12.7 Å². The van der Waals surface area contributed by atoms with Gasteiger partial charge in [-0.25, -0.2) is 0 Å².